The van der Waals surface area contributed by atoms with Gasteiger partial charge in [0.2, 0.25) is 0 Å². The predicted octanol–water partition coefficient (Wildman–Crippen LogP) is 3.62. The molecule has 0 N–H and O–H groups in total. The summed E-state index contributed by atoms with van der Waals surface area (Å²) in [6, 6.07) is 17.9. The number of para-hydroxylation sites is 1. The zero-order valence-corrected chi connectivity index (χ0v) is 12.0. The van der Waals surface area contributed by atoms with Crippen LogP contribution in [-0.4, -0.2) is 9.36 Å². The molecule has 0 spiro atoms. The van der Waals surface area contributed by atoms with Gasteiger partial charge in [-0.25, -0.2) is 13.8 Å². The summed E-state index contributed by atoms with van der Waals surface area (Å²) in [6.07, 6.45) is 0. The standard InChI is InChI=1S/C18H13FN2O/c1-20-18(22)16-9-7-12-11-13(19)8-10-15(12)17(16)21(20)14-5-3-2-4-6-14/h2-11H,1H3. The molecule has 0 unspecified atom stereocenters. The van der Waals surface area contributed by atoms with Crippen LogP contribution in [0.4, 0.5) is 4.39 Å². The van der Waals surface area contributed by atoms with E-state index in [2.05, 4.69) is 0 Å². The van der Waals surface area contributed by atoms with E-state index < -0.39 is 0 Å². The number of hydrogen-bond acceptors (Lipinski definition) is 1. The third kappa shape index (κ3) is 1.70. The SMILES string of the molecule is Cn1c(=O)c2ccc3cc(F)ccc3c2n1-c1ccccc1. The molecule has 0 saturated carbocycles. The van der Waals surface area contributed by atoms with Crippen LogP contribution in [0.1, 0.15) is 0 Å². The zero-order chi connectivity index (χ0) is 15.3. The summed E-state index contributed by atoms with van der Waals surface area (Å²) in [7, 11) is 1.74. The first-order valence-corrected chi connectivity index (χ1v) is 7.02. The van der Waals surface area contributed by atoms with Crippen LogP contribution in [0.15, 0.2) is 65.5 Å². The normalized spacial score (nSPS) is 11.4. The number of aromatic nitrogens is 2. The zero-order valence-electron chi connectivity index (χ0n) is 12.0. The molecule has 1 aromatic heterocycles. The van der Waals surface area contributed by atoms with Crippen LogP contribution in [0.2, 0.25) is 0 Å². The van der Waals surface area contributed by atoms with Crippen LogP contribution in [0.3, 0.4) is 0 Å². The maximum absolute atomic E-state index is 13.5. The van der Waals surface area contributed by atoms with Crippen LogP contribution in [0.5, 0.6) is 0 Å². The van der Waals surface area contributed by atoms with Crippen molar-refractivity contribution < 1.29 is 4.39 Å². The van der Waals surface area contributed by atoms with E-state index in [-0.39, 0.29) is 11.4 Å². The van der Waals surface area contributed by atoms with Crippen molar-refractivity contribution in [3.63, 3.8) is 0 Å². The summed E-state index contributed by atoms with van der Waals surface area (Å²) in [5.41, 5.74) is 1.63. The first kappa shape index (κ1) is 12.8. The van der Waals surface area contributed by atoms with Gasteiger partial charge in [-0.1, -0.05) is 24.3 Å². The highest BCUT2D eigenvalue weighted by molar-refractivity contribution is 6.06. The summed E-state index contributed by atoms with van der Waals surface area (Å²) in [6.45, 7) is 0. The van der Waals surface area contributed by atoms with Gasteiger partial charge in [0.15, 0.2) is 0 Å². The Morgan fingerprint density at radius 3 is 2.41 bits per heavy atom. The van der Waals surface area contributed by atoms with Gasteiger partial charge in [-0.3, -0.25) is 4.79 Å². The molecule has 0 atom stereocenters. The van der Waals surface area contributed by atoms with Gasteiger partial charge in [-0.2, -0.15) is 0 Å². The molecule has 3 aromatic carbocycles. The molecule has 3 nitrogen and oxygen atoms in total. The largest absolute Gasteiger partial charge is 0.274 e. The lowest BCUT2D eigenvalue weighted by molar-refractivity contribution is 0.629. The second kappa shape index (κ2) is 4.56. The number of benzene rings is 3. The Hall–Kier alpha value is -2.88. The lowest BCUT2D eigenvalue weighted by Crippen LogP contribution is -2.17. The fourth-order valence-corrected chi connectivity index (χ4v) is 2.97. The predicted molar refractivity (Wildman–Crippen MR) is 86.0 cm³/mol. The van der Waals surface area contributed by atoms with Gasteiger partial charge in [-0.15, -0.1) is 0 Å². The van der Waals surface area contributed by atoms with E-state index in [1.807, 2.05) is 35.0 Å². The molecule has 1 heterocycles. The van der Waals surface area contributed by atoms with Crippen LogP contribution in [0, 0.1) is 5.82 Å². The number of hydrogen-bond donors (Lipinski definition) is 0. The highest BCUT2D eigenvalue weighted by atomic mass is 19.1. The molecule has 0 aliphatic heterocycles. The Bertz CT molecular complexity index is 1060. The molecule has 108 valence electrons. The molecule has 0 radical (unpaired) electrons. The summed E-state index contributed by atoms with van der Waals surface area (Å²) < 4.78 is 16.9. The van der Waals surface area contributed by atoms with Gasteiger partial charge in [0.1, 0.15) is 5.82 Å². The van der Waals surface area contributed by atoms with Gasteiger partial charge >= 0.3 is 0 Å². The van der Waals surface area contributed by atoms with Crippen molar-refractivity contribution in [3.05, 3.63) is 76.8 Å². The second-order valence-electron chi connectivity index (χ2n) is 5.30. The van der Waals surface area contributed by atoms with Gasteiger partial charge in [-0.05, 0) is 41.8 Å². The molecule has 0 aliphatic rings. The van der Waals surface area contributed by atoms with Crippen molar-refractivity contribution in [1.29, 1.82) is 0 Å². The summed E-state index contributed by atoms with van der Waals surface area (Å²) in [5, 5.41) is 2.27. The molecule has 0 fully saturated rings. The Labute approximate surface area is 125 Å². The molecule has 22 heavy (non-hydrogen) atoms. The summed E-state index contributed by atoms with van der Waals surface area (Å²) in [5.74, 6) is -0.281. The number of fused-ring (bicyclic) bond motifs is 3. The van der Waals surface area contributed by atoms with Gasteiger partial charge in [0.25, 0.3) is 5.56 Å². The molecule has 0 saturated heterocycles. The van der Waals surface area contributed by atoms with Gasteiger partial charge in [0, 0.05) is 12.4 Å². The van der Waals surface area contributed by atoms with Gasteiger partial charge in [0.05, 0.1) is 16.6 Å². The number of halogens is 1. The third-order valence-electron chi connectivity index (χ3n) is 3.99. The molecule has 4 rings (SSSR count). The number of nitrogens with zero attached hydrogens (tertiary/aromatic N) is 2. The fourth-order valence-electron chi connectivity index (χ4n) is 2.97. The van der Waals surface area contributed by atoms with Crippen LogP contribution >= 0.6 is 0 Å². The van der Waals surface area contributed by atoms with Crippen molar-refractivity contribution in [2.45, 2.75) is 0 Å². The average molecular weight is 292 g/mol. The van der Waals surface area contributed by atoms with E-state index in [4.69, 9.17) is 0 Å². The van der Waals surface area contributed by atoms with E-state index in [0.29, 0.717) is 5.39 Å². The molecular weight excluding hydrogens is 279 g/mol. The molecule has 4 aromatic rings. The second-order valence-corrected chi connectivity index (χ2v) is 5.30. The lowest BCUT2D eigenvalue weighted by Gasteiger charge is -2.10. The lowest BCUT2D eigenvalue weighted by atomic mass is 10.1. The van der Waals surface area contributed by atoms with Crippen molar-refractivity contribution in [1.82, 2.24) is 9.36 Å². The first-order chi connectivity index (χ1) is 10.7. The molecule has 0 aliphatic carbocycles. The van der Waals surface area contributed by atoms with Crippen molar-refractivity contribution in [3.8, 4) is 5.69 Å². The maximum Gasteiger partial charge on any atom is 0.274 e. The minimum atomic E-state index is -0.281. The quantitative estimate of drug-likeness (QED) is 0.526. The van der Waals surface area contributed by atoms with Crippen LogP contribution in [0.25, 0.3) is 27.4 Å². The first-order valence-electron chi connectivity index (χ1n) is 7.02. The van der Waals surface area contributed by atoms with Gasteiger partial charge < -0.3 is 0 Å². The molecule has 0 bridgehead atoms. The third-order valence-corrected chi connectivity index (χ3v) is 3.99. The topological polar surface area (TPSA) is 26.9 Å². The van der Waals surface area contributed by atoms with Crippen molar-refractivity contribution in [2.24, 2.45) is 7.05 Å². The minimum Gasteiger partial charge on any atom is -0.267 e. The summed E-state index contributed by atoms with van der Waals surface area (Å²) >= 11 is 0. The molecule has 0 amide bonds. The van der Waals surface area contributed by atoms with E-state index in [1.165, 1.54) is 12.1 Å². The monoisotopic (exact) mass is 292 g/mol. The van der Waals surface area contributed by atoms with E-state index >= 15 is 0 Å². The molecule has 4 heteroatoms. The molecular formula is C18H13FN2O. The Morgan fingerprint density at radius 2 is 1.64 bits per heavy atom. The fraction of sp³-hybridized carbons (Fsp3) is 0.0556. The smallest absolute Gasteiger partial charge is 0.267 e. The average Bonchev–Trinajstić information content (AvgIpc) is 2.80. The van der Waals surface area contributed by atoms with Crippen molar-refractivity contribution >= 4 is 21.7 Å². The maximum atomic E-state index is 13.5. The number of rotatable bonds is 1. The Morgan fingerprint density at radius 1 is 0.909 bits per heavy atom. The Kier molecular flexibility index (Phi) is 2.66. The highest BCUT2D eigenvalue weighted by Crippen LogP contribution is 2.26. The van der Waals surface area contributed by atoms with Crippen molar-refractivity contribution in [2.75, 3.05) is 0 Å². The minimum absolute atomic E-state index is 0.0647. The Balaban J connectivity index is 2.25. The van der Waals surface area contributed by atoms with E-state index in [0.717, 1.165) is 22.0 Å². The van der Waals surface area contributed by atoms with E-state index in [1.54, 1.807) is 29.9 Å². The van der Waals surface area contributed by atoms with Crippen LogP contribution < -0.4 is 5.56 Å². The summed E-state index contributed by atoms with van der Waals surface area (Å²) in [4.78, 5) is 12.5. The van der Waals surface area contributed by atoms with Crippen LogP contribution in [-0.2, 0) is 7.05 Å². The van der Waals surface area contributed by atoms with E-state index in [9.17, 15) is 9.18 Å². The highest BCUT2D eigenvalue weighted by Gasteiger charge is 2.15.